The van der Waals surface area contributed by atoms with Crippen LogP contribution in [0, 0.1) is 46.3 Å². The van der Waals surface area contributed by atoms with Crippen molar-refractivity contribution in [2.45, 2.75) is 123 Å². The van der Waals surface area contributed by atoms with Crippen LogP contribution < -0.4 is 0 Å². The van der Waals surface area contributed by atoms with Crippen LogP contribution in [-0.2, 0) is 0 Å². The van der Waals surface area contributed by atoms with Crippen LogP contribution in [0.1, 0.15) is 112 Å². The number of hydrogen-bond acceptors (Lipinski definition) is 3. The predicted octanol–water partition coefficient (Wildman–Crippen LogP) is 5.95. The summed E-state index contributed by atoms with van der Waals surface area (Å²) in [5, 5.41) is 30.7. The van der Waals surface area contributed by atoms with Gasteiger partial charge in [-0.1, -0.05) is 20.8 Å². The van der Waals surface area contributed by atoms with E-state index < -0.39 is 11.2 Å². The molecular formula is C28H50O3. The molecule has 3 N–H and O–H groups in total. The highest BCUT2D eigenvalue weighted by Gasteiger charge is 2.61. The molecule has 3 nitrogen and oxygen atoms in total. The van der Waals surface area contributed by atoms with Crippen molar-refractivity contribution in [3.8, 4) is 0 Å². The molecule has 0 spiro atoms. The maximum absolute atomic E-state index is 11.0. The minimum Gasteiger partial charge on any atom is -0.396 e. The molecule has 0 bridgehead atoms. The van der Waals surface area contributed by atoms with Crippen LogP contribution in [0.25, 0.3) is 0 Å². The molecule has 0 aromatic carbocycles. The summed E-state index contributed by atoms with van der Waals surface area (Å²) >= 11 is 0. The Bertz CT molecular complexity index is 641. The van der Waals surface area contributed by atoms with Gasteiger partial charge in [-0.25, -0.2) is 0 Å². The highest BCUT2D eigenvalue weighted by molar-refractivity contribution is 5.11. The first-order valence-corrected chi connectivity index (χ1v) is 13.5. The highest BCUT2D eigenvalue weighted by Crippen LogP contribution is 2.69. The highest BCUT2D eigenvalue weighted by atomic mass is 16.3. The molecular weight excluding hydrogens is 384 g/mol. The molecule has 9 atom stereocenters. The Kier molecular flexibility index (Phi) is 6.41. The van der Waals surface area contributed by atoms with Crippen molar-refractivity contribution in [1.29, 1.82) is 0 Å². The van der Waals surface area contributed by atoms with Gasteiger partial charge in [0.15, 0.2) is 0 Å². The molecule has 0 saturated heterocycles. The van der Waals surface area contributed by atoms with E-state index in [0.717, 1.165) is 55.8 Å². The largest absolute Gasteiger partial charge is 0.396 e. The summed E-state index contributed by atoms with van der Waals surface area (Å²) in [7, 11) is 0. The molecule has 4 fully saturated rings. The monoisotopic (exact) mass is 434 g/mol. The molecule has 31 heavy (non-hydrogen) atoms. The molecule has 0 aromatic rings. The fourth-order valence-corrected chi connectivity index (χ4v) is 9.51. The summed E-state index contributed by atoms with van der Waals surface area (Å²) in [6.07, 6.45) is 13.7. The van der Waals surface area contributed by atoms with Crippen LogP contribution >= 0.6 is 0 Å². The minimum absolute atomic E-state index is 0.111. The summed E-state index contributed by atoms with van der Waals surface area (Å²) in [6.45, 7) is 11.7. The summed E-state index contributed by atoms with van der Waals surface area (Å²) < 4.78 is 0. The molecule has 3 unspecified atom stereocenters. The van der Waals surface area contributed by atoms with Crippen molar-refractivity contribution < 1.29 is 15.3 Å². The standard InChI is InChI=1S/C28H50O3/c1-19(10-12-25(2,3)30)22-8-9-23-21-7-6-20-18-28(31,16-17-29)15-14-26(20,4)24(21)11-13-27(22,23)5/h19-24,29-31H,6-18H2,1-5H3/t19-,20+,21?,22-,23?,24?,26+,27-,28-/m1/s1. The van der Waals surface area contributed by atoms with Gasteiger partial charge in [-0.3, -0.25) is 0 Å². The van der Waals surface area contributed by atoms with E-state index in [0.29, 0.717) is 29.1 Å². The zero-order valence-corrected chi connectivity index (χ0v) is 21.0. The van der Waals surface area contributed by atoms with Gasteiger partial charge in [-0.05, 0) is 137 Å². The predicted molar refractivity (Wildman–Crippen MR) is 127 cm³/mol. The molecule has 0 amide bonds. The van der Waals surface area contributed by atoms with Gasteiger partial charge < -0.3 is 15.3 Å². The maximum Gasteiger partial charge on any atom is 0.0672 e. The zero-order valence-electron chi connectivity index (χ0n) is 21.0. The lowest BCUT2D eigenvalue weighted by atomic mass is 9.43. The molecule has 0 aromatic heterocycles. The van der Waals surface area contributed by atoms with Crippen molar-refractivity contribution in [2.75, 3.05) is 6.61 Å². The zero-order chi connectivity index (χ0) is 22.7. The lowest BCUT2D eigenvalue weighted by molar-refractivity contribution is -0.155. The Morgan fingerprint density at radius 2 is 1.65 bits per heavy atom. The van der Waals surface area contributed by atoms with E-state index in [9.17, 15) is 15.3 Å². The molecule has 4 aliphatic rings. The Morgan fingerprint density at radius 3 is 2.32 bits per heavy atom. The molecule has 180 valence electrons. The first kappa shape index (κ1) is 24.0. The Balaban J connectivity index is 1.47. The van der Waals surface area contributed by atoms with Gasteiger partial charge in [0.25, 0.3) is 0 Å². The van der Waals surface area contributed by atoms with E-state index in [2.05, 4.69) is 20.8 Å². The SMILES string of the molecule is C[C@H](CCC(C)(C)O)[C@H]1CCC2C3CC[C@H]4C[C@](O)(CCO)CC[C@]4(C)C3CC[C@@]21C. The minimum atomic E-state index is -0.622. The number of aliphatic hydroxyl groups excluding tert-OH is 1. The van der Waals surface area contributed by atoms with Crippen molar-refractivity contribution in [3.05, 3.63) is 0 Å². The van der Waals surface area contributed by atoms with E-state index >= 15 is 0 Å². The molecule has 4 aliphatic carbocycles. The van der Waals surface area contributed by atoms with E-state index in [1.807, 2.05) is 13.8 Å². The maximum atomic E-state index is 11.0. The van der Waals surface area contributed by atoms with Crippen LogP contribution in [0.5, 0.6) is 0 Å². The van der Waals surface area contributed by atoms with Crippen molar-refractivity contribution in [3.63, 3.8) is 0 Å². The van der Waals surface area contributed by atoms with E-state index in [1.165, 1.54) is 38.5 Å². The van der Waals surface area contributed by atoms with Gasteiger partial charge >= 0.3 is 0 Å². The molecule has 3 heteroatoms. The average molecular weight is 435 g/mol. The molecule has 0 aliphatic heterocycles. The third-order valence-corrected chi connectivity index (χ3v) is 11.4. The normalized spacial score (nSPS) is 48.6. The van der Waals surface area contributed by atoms with Gasteiger partial charge in [0.1, 0.15) is 0 Å². The number of hydrogen-bond donors (Lipinski definition) is 3. The first-order valence-electron chi connectivity index (χ1n) is 13.5. The number of fused-ring (bicyclic) bond motifs is 5. The van der Waals surface area contributed by atoms with Crippen LogP contribution in [-0.4, -0.2) is 33.1 Å². The second kappa shape index (κ2) is 8.27. The summed E-state index contributed by atoms with van der Waals surface area (Å²) in [6, 6.07) is 0. The van der Waals surface area contributed by atoms with E-state index in [4.69, 9.17) is 0 Å². The van der Waals surface area contributed by atoms with Crippen molar-refractivity contribution in [2.24, 2.45) is 46.3 Å². The fraction of sp³-hybridized carbons (Fsp3) is 1.00. The smallest absolute Gasteiger partial charge is 0.0672 e. The van der Waals surface area contributed by atoms with Crippen molar-refractivity contribution in [1.82, 2.24) is 0 Å². The molecule has 0 radical (unpaired) electrons. The lowest BCUT2D eigenvalue weighted by Crippen LogP contribution is -2.56. The van der Waals surface area contributed by atoms with Crippen LogP contribution in [0.3, 0.4) is 0 Å². The third kappa shape index (κ3) is 4.26. The lowest BCUT2D eigenvalue weighted by Gasteiger charge is -2.62. The summed E-state index contributed by atoms with van der Waals surface area (Å²) in [5.74, 6) is 4.72. The Hall–Kier alpha value is -0.120. The number of rotatable bonds is 6. The fourth-order valence-electron chi connectivity index (χ4n) is 9.51. The van der Waals surface area contributed by atoms with Crippen LogP contribution in [0.4, 0.5) is 0 Å². The van der Waals surface area contributed by atoms with Gasteiger partial charge in [0, 0.05) is 6.61 Å². The Morgan fingerprint density at radius 1 is 0.935 bits per heavy atom. The van der Waals surface area contributed by atoms with Crippen LogP contribution in [0.15, 0.2) is 0 Å². The van der Waals surface area contributed by atoms with Gasteiger partial charge in [0.05, 0.1) is 11.2 Å². The second-order valence-corrected chi connectivity index (χ2v) is 13.6. The quantitative estimate of drug-likeness (QED) is 0.484. The topological polar surface area (TPSA) is 60.7 Å². The van der Waals surface area contributed by atoms with Gasteiger partial charge in [0.2, 0.25) is 0 Å². The second-order valence-electron chi connectivity index (χ2n) is 13.6. The van der Waals surface area contributed by atoms with Gasteiger partial charge in [-0.2, -0.15) is 0 Å². The van der Waals surface area contributed by atoms with E-state index in [-0.39, 0.29) is 6.61 Å². The summed E-state index contributed by atoms with van der Waals surface area (Å²) in [4.78, 5) is 0. The van der Waals surface area contributed by atoms with Gasteiger partial charge in [-0.15, -0.1) is 0 Å². The Labute approximate surface area is 191 Å². The van der Waals surface area contributed by atoms with Crippen LogP contribution in [0.2, 0.25) is 0 Å². The molecule has 0 heterocycles. The summed E-state index contributed by atoms with van der Waals surface area (Å²) in [5.41, 5.74) is -0.299. The molecule has 4 saturated carbocycles. The third-order valence-electron chi connectivity index (χ3n) is 11.4. The van der Waals surface area contributed by atoms with E-state index in [1.54, 1.807) is 0 Å². The average Bonchev–Trinajstić information content (AvgIpc) is 3.04. The van der Waals surface area contributed by atoms with Crippen molar-refractivity contribution >= 4 is 0 Å². The first-order chi connectivity index (χ1) is 14.4. The number of aliphatic hydroxyl groups is 3. The molecule has 4 rings (SSSR count).